The van der Waals surface area contributed by atoms with Crippen molar-refractivity contribution in [1.29, 1.82) is 0 Å². The predicted octanol–water partition coefficient (Wildman–Crippen LogP) is 3.80. The fraction of sp³-hybridized carbons (Fsp3) is 0.467. The van der Waals surface area contributed by atoms with Gasteiger partial charge in [-0.2, -0.15) is 0 Å². The number of halogens is 1. The number of rotatable bonds is 7. The Morgan fingerprint density at radius 1 is 1.33 bits per heavy atom. The molecule has 0 spiro atoms. The van der Waals surface area contributed by atoms with E-state index in [-0.39, 0.29) is 11.9 Å². The van der Waals surface area contributed by atoms with Gasteiger partial charge < -0.3 is 10.1 Å². The highest BCUT2D eigenvalue weighted by molar-refractivity contribution is 7.14. The van der Waals surface area contributed by atoms with Gasteiger partial charge in [0.05, 0.1) is 13.2 Å². The Morgan fingerprint density at radius 3 is 2.76 bits per heavy atom. The molecule has 1 aromatic heterocycles. The zero-order valence-electron chi connectivity index (χ0n) is 12.5. The van der Waals surface area contributed by atoms with Gasteiger partial charge in [-0.1, -0.05) is 25.2 Å². The SMILES string of the molecule is CCCNC(CC)c1nnc(-c2ccc(OC)cc2F)s1. The zero-order valence-corrected chi connectivity index (χ0v) is 13.3. The van der Waals surface area contributed by atoms with Gasteiger partial charge in [0.1, 0.15) is 16.6 Å². The van der Waals surface area contributed by atoms with Crippen LogP contribution in [0.15, 0.2) is 18.2 Å². The monoisotopic (exact) mass is 309 g/mol. The minimum atomic E-state index is -0.341. The predicted molar refractivity (Wildman–Crippen MR) is 83.2 cm³/mol. The van der Waals surface area contributed by atoms with E-state index in [1.165, 1.54) is 24.5 Å². The number of aromatic nitrogens is 2. The second kappa shape index (κ2) is 7.47. The van der Waals surface area contributed by atoms with E-state index in [0.717, 1.165) is 24.4 Å². The minimum Gasteiger partial charge on any atom is -0.497 e. The van der Waals surface area contributed by atoms with Crippen molar-refractivity contribution in [3.8, 4) is 16.3 Å². The second-order valence-electron chi connectivity index (χ2n) is 4.71. The van der Waals surface area contributed by atoms with Crippen molar-refractivity contribution >= 4 is 11.3 Å². The molecule has 0 aliphatic carbocycles. The van der Waals surface area contributed by atoms with E-state index in [4.69, 9.17) is 4.74 Å². The summed E-state index contributed by atoms with van der Waals surface area (Å²) in [6.07, 6.45) is 2.00. The van der Waals surface area contributed by atoms with E-state index in [0.29, 0.717) is 16.3 Å². The third-order valence-electron chi connectivity index (χ3n) is 3.19. The summed E-state index contributed by atoms with van der Waals surface area (Å²) in [6, 6.07) is 4.95. The zero-order chi connectivity index (χ0) is 15.2. The molecule has 0 aliphatic rings. The highest BCUT2D eigenvalue weighted by Crippen LogP contribution is 2.31. The molecule has 0 radical (unpaired) electrons. The molecule has 0 aliphatic heterocycles. The van der Waals surface area contributed by atoms with Crippen LogP contribution >= 0.6 is 11.3 Å². The molecular formula is C15H20FN3OS. The maximum Gasteiger partial charge on any atom is 0.150 e. The van der Waals surface area contributed by atoms with Crippen LogP contribution in [-0.2, 0) is 0 Å². The van der Waals surface area contributed by atoms with Gasteiger partial charge >= 0.3 is 0 Å². The van der Waals surface area contributed by atoms with E-state index in [1.54, 1.807) is 12.1 Å². The van der Waals surface area contributed by atoms with Crippen molar-refractivity contribution in [2.75, 3.05) is 13.7 Å². The van der Waals surface area contributed by atoms with Gasteiger partial charge in [-0.15, -0.1) is 10.2 Å². The third kappa shape index (κ3) is 3.77. The molecule has 1 unspecified atom stereocenters. The molecule has 0 amide bonds. The third-order valence-corrected chi connectivity index (χ3v) is 4.26. The van der Waals surface area contributed by atoms with Crippen LogP contribution in [0, 0.1) is 5.82 Å². The lowest BCUT2D eigenvalue weighted by Crippen LogP contribution is -2.21. The van der Waals surface area contributed by atoms with Crippen molar-refractivity contribution in [3.05, 3.63) is 29.0 Å². The summed E-state index contributed by atoms with van der Waals surface area (Å²) in [6.45, 7) is 5.16. The lowest BCUT2D eigenvalue weighted by molar-refractivity contribution is 0.411. The number of ether oxygens (including phenoxy) is 1. The molecule has 0 fully saturated rings. The van der Waals surface area contributed by atoms with Crippen LogP contribution in [0.1, 0.15) is 37.7 Å². The number of nitrogens with zero attached hydrogens (tertiary/aromatic N) is 2. The molecule has 1 heterocycles. The van der Waals surface area contributed by atoms with E-state index < -0.39 is 0 Å². The smallest absolute Gasteiger partial charge is 0.150 e. The highest BCUT2D eigenvalue weighted by atomic mass is 32.1. The van der Waals surface area contributed by atoms with Crippen LogP contribution < -0.4 is 10.1 Å². The molecule has 0 saturated heterocycles. The highest BCUT2D eigenvalue weighted by Gasteiger charge is 2.17. The average molecular weight is 309 g/mol. The summed E-state index contributed by atoms with van der Waals surface area (Å²) in [5.41, 5.74) is 0.463. The molecule has 114 valence electrons. The molecule has 4 nitrogen and oxygen atoms in total. The van der Waals surface area contributed by atoms with Crippen molar-refractivity contribution in [1.82, 2.24) is 15.5 Å². The molecular weight excluding hydrogens is 289 g/mol. The number of methoxy groups -OCH3 is 1. The first-order valence-electron chi connectivity index (χ1n) is 7.10. The quantitative estimate of drug-likeness (QED) is 0.845. The number of nitrogens with one attached hydrogen (secondary N) is 1. The van der Waals surface area contributed by atoms with E-state index >= 15 is 0 Å². The van der Waals surface area contributed by atoms with E-state index in [2.05, 4.69) is 29.4 Å². The van der Waals surface area contributed by atoms with E-state index in [9.17, 15) is 4.39 Å². The lowest BCUT2D eigenvalue weighted by atomic mass is 10.2. The van der Waals surface area contributed by atoms with Crippen LogP contribution in [0.3, 0.4) is 0 Å². The van der Waals surface area contributed by atoms with Gasteiger partial charge in [-0.05, 0) is 31.5 Å². The van der Waals surface area contributed by atoms with Gasteiger partial charge in [-0.25, -0.2) is 4.39 Å². The van der Waals surface area contributed by atoms with Crippen LogP contribution in [-0.4, -0.2) is 23.9 Å². The Hall–Kier alpha value is -1.53. The topological polar surface area (TPSA) is 47.0 Å². The fourth-order valence-corrected chi connectivity index (χ4v) is 3.03. The summed E-state index contributed by atoms with van der Waals surface area (Å²) < 4.78 is 19.1. The van der Waals surface area contributed by atoms with E-state index in [1.807, 2.05) is 0 Å². The Morgan fingerprint density at radius 2 is 2.14 bits per heavy atom. The first kappa shape index (κ1) is 15.9. The Bertz CT molecular complexity index is 588. The van der Waals surface area contributed by atoms with Gasteiger partial charge in [-0.3, -0.25) is 0 Å². The Balaban J connectivity index is 2.22. The first-order chi connectivity index (χ1) is 10.2. The molecule has 0 bridgehead atoms. The van der Waals surface area contributed by atoms with Gasteiger partial charge in [0.15, 0.2) is 5.01 Å². The second-order valence-corrected chi connectivity index (χ2v) is 5.72. The van der Waals surface area contributed by atoms with Crippen LogP contribution in [0.25, 0.3) is 10.6 Å². The number of hydrogen-bond donors (Lipinski definition) is 1. The van der Waals surface area contributed by atoms with Crippen molar-refractivity contribution < 1.29 is 9.13 Å². The largest absolute Gasteiger partial charge is 0.497 e. The normalized spacial score (nSPS) is 12.4. The molecule has 0 saturated carbocycles. The summed E-state index contributed by atoms with van der Waals surface area (Å²) in [7, 11) is 1.52. The van der Waals surface area contributed by atoms with Crippen molar-refractivity contribution in [2.24, 2.45) is 0 Å². The summed E-state index contributed by atoms with van der Waals surface area (Å²) in [4.78, 5) is 0. The maximum atomic E-state index is 14.1. The Labute approximate surface area is 128 Å². The van der Waals surface area contributed by atoms with Crippen molar-refractivity contribution in [3.63, 3.8) is 0 Å². The molecule has 21 heavy (non-hydrogen) atoms. The minimum absolute atomic E-state index is 0.178. The number of hydrogen-bond acceptors (Lipinski definition) is 5. The first-order valence-corrected chi connectivity index (χ1v) is 7.91. The van der Waals surface area contributed by atoms with Crippen molar-refractivity contribution in [2.45, 2.75) is 32.7 Å². The van der Waals surface area contributed by atoms with Gasteiger partial charge in [0.2, 0.25) is 0 Å². The molecule has 1 N–H and O–H groups in total. The lowest BCUT2D eigenvalue weighted by Gasteiger charge is -2.12. The molecule has 6 heteroatoms. The van der Waals surface area contributed by atoms with Crippen LogP contribution in [0.4, 0.5) is 4.39 Å². The fourth-order valence-electron chi connectivity index (χ4n) is 2.01. The maximum absolute atomic E-state index is 14.1. The summed E-state index contributed by atoms with van der Waals surface area (Å²) in [5.74, 6) is 0.156. The standard InChI is InChI=1S/C15H20FN3OS/c1-4-8-17-13(5-2)15-19-18-14(21-15)11-7-6-10(20-3)9-12(11)16/h6-7,9,13,17H,4-5,8H2,1-3H3. The molecule has 1 atom stereocenters. The molecule has 2 aromatic rings. The summed E-state index contributed by atoms with van der Waals surface area (Å²) >= 11 is 1.43. The van der Waals surface area contributed by atoms with Gasteiger partial charge in [0.25, 0.3) is 0 Å². The van der Waals surface area contributed by atoms with Crippen LogP contribution in [0.2, 0.25) is 0 Å². The summed E-state index contributed by atoms with van der Waals surface area (Å²) in [5, 5.41) is 13.3. The molecule has 1 aromatic carbocycles. The average Bonchev–Trinajstić information content (AvgIpc) is 2.97. The van der Waals surface area contributed by atoms with Crippen LogP contribution in [0.5, 0.6) is 5.75 Å². The van der Waals surface area contributed by atoms with Gasteiger partial charge in [0, 0.05) is 11.6 Å². The number of benzene rings is 1. The molecule has 2 rings (SSSR count). The Kier molecular flexibility index (Phi) is 5.64.